The number of primary amides is 1. The van der Waals surface area contributed by atoms with Crippen LogP contribution < -0.4 is 10.6 Å². The van der Waals surface area contributed by atoms with Crippen molar-refractivity contribution in [2.45, 2.75) is 0 Å². The summed E-state index contributed by atoms with van der Waals surface area (Å²) in [4.78, 5) is 23.3. The summed E-state index contributed by atoms with van der Waals surface area (Å²) in [6.45, 7) is 0.162. The van der Waals surface area contributed by atoms with Gasteiger partial charge in [0.1, 0.15) is 0 Å². The zero-order chi connectivity index (χ0) is 9.84. The summed E-state index contributed by atoms with van der Waals surface area (Å²) in [7, 11) is 1.75. The molecule has 0 saturated heterocycles. The van der Waals surface area contributed by atoms with E-state index in [0.717, 1.165) is 12.0 Å². The van der Waals surface area contributed by atoms with Crippen LogP contribution in [0.2, 0.25) is 0 Å². The molecule has 0 spiro atoms. The number of anilines is 1. The zero-order valence-electron chi connectivity index (χ0n) is 7.19. The molecule has 13 heavy (non-hydrogen) atoms. The lowest BCUT2D eigenvalue weighted by molar-refractivity contribution is -0.116. The van der Waals surface area contributed by atoms with E-state index >= 15 is 0 Å². The van der Waals surface area contributed by atoms with Crippen molar-refractivity contribution in [3.8, 4) is 0 Å². The fraction of sp³-hybridized carbons (Fsp3) is 0.250. The van der Waals surface area contributed by atoms with Crippen LogP contribution in [0.4, 0.5) is 5.69 Å². The van der Waals surface area contributed by atoms with Gasteiger partial charge in [-0.1, -0.05) is 0 Å². The summed E-state index contributed by atoms with van der Waals surface area (Å²) < 4.78 is 0. The van der Waals surface area contributed by atoms with Crippen molar-refractivity contribution < 1.29 is 9.59 Å². The Bertz CT molecular complexity index is 322. The highest BCUT2D eigenvalue weighted by Crippen LogP contribution is 2.20. The molecule has 1 heterocycles. The van der Waals surface area contributed by atoms with Gasteiger partial charge in [0.15, 0.2) is 6.29 Å². The predicted octanol–water partition coefficient (Wildman–Crippen LogP) is 0.482. The summed E-state index contributed by atoms with van der Waals surface area (Å²) in [5.74, 6) is -0.388. The maximum atomic E-state index is 10.6. The molecule has 0 aromatic carbocycles. The van der Waals surface area contributed by atoms with Gasteiger partial charge in [-0.05, 0) is 6.07 Å². The van der Waals surface area contributed by atoms with E-state index in [9.17, 15) is 9.59 Å². The van der Waals surface area contributed by atoms with Crippen molar-refractivity contribution in [1.29, 1.82) is 0 Å². The molecule has 1 amide bonds. The normalized spacial score (nSPS) is 9.62. The highest BCUT2D eigenvalue weighted by Gasteiger charge is 2.06. The number of carbonyl (C=O) groups excluding carboxylic acids is 2. The summed E-state index contributed by atoms with van der Waals surface area (Å²) in [5, 5.41) is 1.81. The second-order valence-electron chi connectivity index (χ2n) is 2.65. The molecule has 0 aliphatic heterocycles. The lowest BCUT2D eigenvalue weighted by Crippen LogP contribution is -2.30. The third kappa shape index (κ3) is 2.55. The van der Waals surface area contributed by atoms with Crippen LogP contribution in [0.15, 0.2) is 11.4 Å². The SMILES string of the molecule is CN(CC(N)=O)c1csc(C=O)c1. The van der Waals surface area contributed by atoms with E-state index in [1.54, 1.807) is 18.0 Å². The second-order valence-corrected chi connectivity index (χ2v) is 3.59. The molecule has 0 aliphatic rings. The molecule has 1 rings (SSSR count). The average Bonchev–Trinajstić information content (AvgIpc) is 2.50. The van der Waals surface area contributed by atoms with E-state index in [1.165, 1.54) is 11.3 Å². The fourth-order valence-electron chi connectivity index (χ4n) is 0.929. The van der Waals surface area contributed by atoms with Crippen LogP contribution in [0.3, 0.4) is 0 Å². The van der Waals surface area contributed by atoms with Crippen molar-refractivity contribution in [3.05, 3.63) is 16.3 Å². The molecule has 1 aromatic rings. The van der Waals surface area contributed by atoms with Gasteiger partial charge < -0.3 is 10.6 Å². The number of hydrogen-bond acceptors (Lipinski definition) is 4. The Morgan fingerprint density at radius 3 is 2.92 bits per heavy atom. The van der Waals surface area contributed by atoms with Gasteiger partial charge in [-0.2, -0.15) is 0 Å². The Morgan fingerprint density at radius 2 is 2.46 bits per heavy atom. The highest BCUT2D eigenvalue weighted by molar-refractivity contribution is 7.12. The number of nitrogens with two attached hydrogens (primary N) is 1. The van der Waals surface area contributed by atoms with Crippen LogP contribution in [-0.2, 0) is 4.79 Å². The third-order valence-corrected chi connectivity index (χ3v) is 2.40. The molecule has 0 unspecified atom stereocenters. The molecular formula is C8H10N2O2S. The van der Waals surface area contributed by atoms with Gasteiger partial charge in [0, 0.05) is 18.1 Å². The maximum Gasteiger partial charge on any atom is 0.236 e. The number of likely N-dealkylation sites (N-methyl/N-ethyl adjacent to an activating group) is 1. The van der Waals surface area contributed by atoms with Crippen molar-refractivity contribution in [3.63, 3.8) is 0 Å². The summed E-state index contributed by atoms with van der Waals surface area (Å²) in [5.41, 5.74) is 5.86. The first-order chi connectivity index (χ1) is 6.13. The van der Waals surface area contributed by atoms with Gasteiger partial charge in [-0.3, -0.25) is 9.59 Å². The van der Waals surface area contributed by atoms with Gasteiger partial charge >= 0.3 is 0 Å². The van der Waals surface area contributed by atoms with Gasteiger partial charge in [-0.15, -0.1) is 11.3 Å². The molecule has 0 radical (unpaired) electrons. The van der Waals surface area contributed by atoms with E-state index in [2.05, 4.69) is 0 Å². The minimum absolute atomic E-state index is 0.162. The van der Waals surface area contributed by atoms with Crippen molar-refractivity contribution in [1.82, 2.24) is 0 Å². The molecule has 70 valence electrons. The molecule has 4 nitrogen and oxygen atoms in total. The van der Waals surface area contributed by atoms with Crippen LogP contribution in [0.5, 0.6) is 0 Å². The molecule has 5 heteroatoms. The van der Waals surface area contributed by atoms with Crippen LogP contribution in [-0.4, -0.2) is 25.8 Å². The highest BCUT2D eigenvalue weighted by atomic mass is 32.1. The van der Waals surface area contributed by atoms with E-state index in [1.807, 2.05) is 5.38 Å². The first-order valence-corrected chi connectivity index (χ1v) is 4.54. The molecule has 0 aliphatic carbocycles. The molecule has 1 aromatic heterocycles. The Kier molecular flexibility index (Phi) is 3.02. The zero-order valence-corrected chi connectivity index (χ0v) is 8.00. The lowest BCUT2D eigenvalue weighted by Gasteiger charge is -2.14. The number of hydrogen-bond donors (Lipinski definition) is 1. The second kappa shape index (κ2) is 4.04. The van der Waals surface area contributed by atoms with Crippen molar-refractivity contribution >= 4 is 29.2 Å². The minimum Gasteiger partial charge on any atom is -0.368 e. The molecule has 0 fully saturated rings. The molecule has 0 saturated carbocycles. The Morgan fingerprint density at radius 1 is 1.77 bits per heavy atom. The quantitative estimate of drug-likeness (QED) is 0.716. The number of rotatable bonds is 4. The van der Waals surface area contributed by atoms with Crippen LogP contribution in [0.1, 0.15) is 9.67 Å². The average molecular weight is 198 g/mol. The topological polar surface area (TPSA) is 63.4 Å². The monoisotopic (exact) mass is 198 g/mol. The molecular weight excluding hydrogens is 188 g/mol. The third-order valence-electron chi connectivity index (χ3n) is 1.56. The molecule has 0 bridgehead atoms. The Hall–Kier alpha value is -1.36. The van der Waals surface area contributed by atoms with Crippen molar-refractivity contribution in [2.24, 2.45) is 5.73 Å². The van der Waals surface area contributed by atoms with Gasteiger partial charge in [0.25, 0.3) is 0 Å². The van der Waals surface area contributed by atoms with Gasteiger partial charge in [0.2, 0.25) is 5.91 Å². The first kappa shape index (κ1) is 9.73. The van der Waals surface area contributed by atoms with Gasteiger partial charge in [-0.25, -0.2) is 0 Å². The van der Waals surface area contributed by atoms with Crippen LogP contribution in [0.25, 0.3) is 0 Å². The largest absolute Gasteiger partial charge is 0.368 e. The van der Waals surface area contributed by atoms with Crippen LogP contribution in [0, 0.1) is 0 Å². The minimum atomic E-state index is -0.388. The first-order valence-electron chi connectivity index (χ1n) is 3.66. The molecule has 2 N–H and O–H groups in total. The summed E-state index contributed by atoms with van der Waals surface area (Å²) in [6, 6.07) is 1.72. The van der Waals surface area contributed by atoms with Gasteiger partial charge in [0.05, 0.1) is 11.4 Å². The Labute approximate surface area is 80.0 Å². The van der Waals surface area contributed by atoms with E-state index in [-0.39, 0.29) is 12.5 Å². The number of carbonyl (C=O) groups is 2. The number of amides is 1. The Balaban J connectivity index is 2.70. The van der Waals surface area contributed by atoms with Crippen LogP contribution >= 0.6 is 11.3 Å². The predicted molar refractivity (Wildman–Crippen MR) is 52.2 cm³/mol. The summed E-state index contributed by atoms with van der Waals surface area (Å²) >= 11 is 1.34. The lowest BCUT2D eigenvalue weighted by atomic mass is 10.4. The van der Waals surface area contributed by atoms with E-state index in [0.29, 0.717) is 4.88 Å². The van der Waals surface area contributed by atoms with E-state index < -0.39 is 0 Å². The smallest absolute Gasteiger partial charge is 0.236 e. The van der Waals surface area contributed by atoms with E-state index in [4.69, 9.17) is 5.73 Å². The molecule has 0 atom stereocenters. The van der Waals surface area contributed by atoms with Crippen molar-refractivity contribution in [2.75, 3.05) is 18.5 Å². The fourth-order valence-corrected chi connectivity index (χ4v) is 1.68. The number of aldehydes is 1. The summed E-state index contributed by atoms with van der Waals surface area (Å²) in [6.07, 6.45) is 0.784. The number of thiophene rings is 1. The maximum absolute atomic E-state index is 10.6. The number of nitrogens with zero attached hydrogens (tertiary/aromatic N) is 1. The standard InChI is InChI=1S/C8H10N2O2S/c1-10(3-8(9)12)6-2-7(4-11)13-5-6/h2,4-5H,3H2,1H3,(H2,9,12).